The summed E-state index contributed by atoms with van der Waals surface area (Å²) in [6.07, 6.45) is 2.71. The van der Waals surface area contributed by atoms with Crippen LogP contribution in [0.5, 0.6) is 0 Å². The zero-order chi connectivity index (χ0) is 13.0. The predicted octanol–water partition coefficient (Wildman–Crippen LogP) is 2.26. The summed E-state index contributed by atoms with van der Waals surface area (Å²) in [6.45, 7) is 4.73. The highest BCUT2D eigenvalue weighted by molar-refractivity contribution is 5.87. The van der Waals surface area contributed by atoms with Crippen molar-refractivity contribution < 1.29 is 4.79 Å². The van der Waals surface area contributed by atoms with Crippen molar-refractivity contribution in [2.24, 2.45) is 0 Å². The molecule has 1 aliphatic heterocycles. The molecule has 1 aromatic carbocycles. The Morgan fingerprint density at radius 1 is 1.33 bits per heavy atom. The second-order valence-electron chi connectivity index (χ2n) is 4.59. The molecule has 1 fully saturated rings. The van der Waals surface area contributed by atoms with Gasteiger partial charge in [-0.3, -0.25) is 4.79 Å². The molecule has 0 unspecified atom stereocenters. The highest BCUT2D eigenvalue weighted by Crippen LogP contribution is 2.34. The van der Waals surface area contributed by atoms with Gasteiger partial charge in [0, 0.05) is 13.1 Å². The molecule has 18 heavy (non-hydrogen) atoms. The van der Waals surface area contributed by atoms with Crippen LogP contribution in [-0.2, 0) is 10.2 Å². The van der Waals surface area contributed by atoms with Crippen LogP contribution in [-0.4, -0.2) is 23.9 Å². The van der Waals surface area contributed by atoms with E-state index in [9.17, 15) is 10.1 Å². The molecule has 0 atom stereocenters. The summed E-state index contributed by atoms with van der Waals surface area (Å²) in [5.41, 5.74) is 0.609. The number of amides is 1. The normalized spacial score (nSPS) is 17.8. The standard InChI is InChI=1S/C15H16N2O/c1-2-14(18)17-10-8-15(12-16,9-11-17)13-6-4-3-5-7-13/h2-7H,1,8-11H2. The molecule has 1 saturated heterocycles. The molecule has 0 saturated carbocycles. The maximum Gasteiger partial charge on any atom is 0.245 e. The van der Waals surface area contributed by atoms with Crippen molar-refractivity contribution in [3.05, 3.63) is 48.6 Å². The van der Waals surface area contributed by atoms with Gasteiger partial charge >= 0.3 is 0 Å². The van der Waals surface area contributed by atoms with Crippen LogP contribution in [0.25, 0.3) is 0 Å². The van der Waals surface area contributed by atoms with Gasteiger partial charge in [-0.05, 0) is 24.5 Å². The molecule has 92 valence electrons. The molecule has 0 spiro atoms. The molecule has 0 aromatic heterocycles. The second kappa shape index (κ2) is 5.05. The maximum absolute atomic E-state index is 11.5. The number of benzene rings is 1. The summed E-state index contributed by atoms with van der Waals surface area (Å²) in [5, 5.41) is 9.50. The van der Waals surface area contributed by atoms with Gasteiger partial charge in [-0.15, -0.1) is 0 Å². The number of rotatable bonds is 2. The molecule has 0 N–H and O–H groups in total. The molecule has 2 rings (SSSR count). The number of hydrogen-bond acceptors (Lipinski definition) is 2. The van der Waals surface area contributed by atoms with Gasteiger partial charge in [-0.1, -0.05) is 36.9 Å². The number of carbonyl (C=O) groups is 1. The first kappa shape index (κ1) is 12.4. The molecular formula is C15H16N2O. The van der Waals surface area contributed by atoms with E-state index in [1.54, 1.807) is 4.90 Å². The molecule has 0 aliphatic carbocycles. The first-order chi connectivity index (χ1) is 8.72. The fourth-order valence-corrected chi connectivity index (χ4v) is 2.46. The molecular weight excluding hydrogens is 224 g/mol. The number of nitriles is 1. The van der Waals surface area contributed by atoms with E-state index in [1.807, 2.05) is 30.3 Å². The molecule has 1 amide bonds. The maximum atomic E-state index is 11.5. The Morgan fingerprint density at radius 3 is 2.44 bits per heavy atom. The van der Waals surface area contributed by atoms with Gasteiger partial charge in [0.05, 0.1) is 11.5 Å². The Hall–Kier alpha value is -2.08. The topological polar surface area (TPSA) is 44.1 Å². The first-order valence-corrected chi connectivity index (χ1v) is 6.10. The minimum atomic E-state index is -0.445. The third-order valence-electron chi connectivity index (χ3n) is 3.64. The minimum absolute atomic E-state index is 0.0467. The minimum Gasteiger partial charge on any atom is -0.339 e. The SMILES string of the molecule is C=CC(=O)N1CCC(C#N)(c2ccccc2)CC1. The molecule has 1 aliphatic rings. The van der Waals surface area contributed by atoms with E-state index < -0.39 is 5.41 Å². The first-order valence-electron chi connectivity index (χ1n) is 6.10. The van der Waals surface area contributed by atoms with E-state index in [4.69, 9.17) is 0 Å². The van der Waals surface area contributed by atoms with Crippen LogP contribution in [0.4, 0.5) is 0 Å². The number of nitrogens with zero attached hydrogens (tertiary/aromatic N) is 2. The Morgan fingerprint density at radius 2 is 1.94 bits per heavy atom. The van der Waals surface area contributed by atoms with E-state index in [-0.39, 0.29) is 5.91 Å². The zero-order valence-corrected chi connectivity index (χ0v) is 10.3. The molecule has 0 radical (unpaired) electrons. The molecule has 3 nitrogen and oxygen atoms in total. The average molecular weight is 240 g/mol. The Bertz CT molecular complexity index is 479. The van der Waals surface area contributed by atoms with Crippen LogP contribution in [0.1, 0.15) is 18.4 Å². The zero-order valence-electron chi connectivity index (χ0n) is 10.3. The summed E-state index contributed by atoms with van der Waals surface area (Å²) in [6, 6.07) is 12.3. The fourth-order valence-electron chi connectivity index (χ4n) is 2.46. The summed E-state index contributed by atoms with van der Waals surface area (Å²) in [5.74, 6) is -0.0467. The highest BCUT2D eigenvalue weighted by atomic mass is 16.2. The lowest BCUT2D eigenvalue weighted by Gasteiger charge is -2.37. The van der Waals surface area contributed by atoms with Crippen molar-refractivity contribution in [3.63, 3.8) is 0 Å². The lowest BCUT2D eigenvalue weighted by Crippen LogP contribution is -2.44. The van der Waals surface area contributed by atoms with E-state index in [2.05, 4.69) is 12.6 Å². The number of hydrogen-bond donors (Lipinski definition) is 0. The molecule has 0 bridgehead atoms. The largest absolute Gasteiger partial charge is 0.339 e. The number of carbonyl (C=O) groups excluding carboxylic acids is 1. The Kier molecular flexibility index (Phi) is 3.47. The second-order valence-corrected chi connectivity index (χ2v) is 4.59. The van der Waals surface area contributed by atoms with E-state index in [0.29, 0.717) is 25.9 Å². The van der Waals surface area contributed by atoms with Crippen molar-refractivity contribution in [3.8, 4) is 6.07 Å². The van der Waals surface area contributed by atoms with Crippen LogP contribution < -0.4 is 0 Å². The molecule has 3 heteroatoms. The van der Waals surface area contributed by atoms with Crippen molar-refractivity contribution in [1.29, 1.82) is 5.26 Å². The van der Waals surface area contributed by atoms with Gasteiger partial charge in [0.2, 0.25) is 5.91 Å². The van der Waals surface area contributed by atoms with Gasteiger partial charge in [0.25, 0.3) is 0 Å². The van der Waals surface area contributed by atoms with Crippen LogP contribution in [0.2, 0.25) is 0 Å². The van der Waals surface area contributed by atoms with Crippen molar-refractivity contribution in [2.45, 2.75) is 18.3 Å². The fraction of sp³-hybridized carbons (Fsp3) is 0.333. The average Bonchev–Trinajstić information content (AvgIpc) is 2.47. The monoisotopic (exact) mass is 240 g/mol. The van der Waals surface area contributed by atoms with Gasteiger partial charge < -0.3 is 4.90 Å². The quantitative estimate of drug-likeness (QED) is 0.744. The van der Waals surface area contributed by atoms with Crippen LogP contribution in [0.15, 0.2) is 43.0 Å². The third-order valence-corrected chi connectivity index (χ3v) is 3.64. The van der Waals surface area contributed by atoms with E-state index >= 15 is 0 Å². The van der Waals surface area contributed by atoms with Crippen LogP contribution in [0.3, 0.4) is 0 Å². The number of piperidine rings is 1. The smallest absolute Gasteiger partial charge is 0.245 e. The number of likely N-dealkylation sites (tertiary alicyclic amines) is 1. The summed E-state index contributed by atoms with van der Waals surface area (Å²) >= 11 is 0. The Balaban J connectivity index is 2.17. The van der Waals surface area contributed by atoms with Crippen LogP contribution in [0, 0.1) is 11.3 Å². The van der Waals surface area contributed by atoms with Gasteiger partial charge in [-0.2, -0.15) is 5.26 Å². The lowest BCUT2D eigenvalue weighted by atomic mass is 9.74. The van der Waals surface area contributed by atoms with Crippen molar-refractivity contribution in [1.82, 2.24) is 4.90 Å². The van der Waals surface area contributed by atoms with Gasteiger partial charge in [0.15, 0.2) is 0 Å². The summed E-state index contributed by atoms with van der Waals surface area (Å²) in [7, 11) is 0. The van der Waals surface area contributed by atoms with Gasteiger partial charge in [0.1, 0.15) is 0 Å². The van der Waals surface area contributed by atoms with E-state index in [0.717, 1.165) is 5.56 Å². The lowest BCUT2D eigenvalue weighted by molar-refractivity contribution is -0.127. The summed E-state index contributed by atoms with van der Waals surface area (Å²) < 4.78 is 0. The van der Waals surface area contributed by atoms with E-state index in [1.165, 1.54) is 6.08 Å². The molecule has 1 aromatic rings. The highest BCUT2D eigenvalue weighted by Gasteiger charge is 2.37. The molecule has 1 heterocycles. The predicted molar refractivity (Wildman–Crippen MR) is 69.7 cm³/mol. The van der Waals surface area contributed by atoms with Gasteiger partial charge in [-0.25, -0.2) is 0 Å². The van der Waals surface area contributed by atoms with Crippen LogP contribution >= 0.6 is 0 Å². The Labute approximate surface area is 107 Å². The van der Waals surface area contributed by atoms with Crippen molar-refractivity contribution >= 4 is 5.91 Å². The third kappa shape index (κ3) is 2.14. The van der Waals surface area contributed by atoms with Crippen molar-refractivity contribution in [2.75, 3.05) is 13.1 Å². The summed E-state index contributed by atoms with van der Waals surface area (Å²) in [4.78, 5) is 13.3.